The second kappa shape index (κ2) is 6.81. The molecule has 3 aromatic rings. The number of oxazole rings is 1. The SMILES string of the molecule is CC(c1ccccc1)N1C(=O)C(=O)N(Cc2coc(-c3cccs3)n2)C1=O. The third-order valence-electron chi connectivity index (χ3n) is 4.36. The Morgan fingerprint density at radius 1 is 1.07 bits per heavy atom. The summed E-state index contributed by atoms with van der Waals surface area (Å²) in [4.78, 5) is 44.5. The molecule has 0 N–H and O–H groups in total. The number of carbonyl (C=O) groups excluding carboxylic acids is 3. The molecule has 4 rings (SSSR count). The number of rotatable bonds is 5. The fourth-order valence-corrected chi connectivity index (χ4v) is 3.59. The molecule has 1 unspecified atom stereocenters. The maximum absolute atomic E-state index is 12.7. The summed E-state index contributed by atoms with van der Waals surface area (Å²) in [7, 11) is 0. The number of nitrogens with zero attached hydrogens (tertiary/aromatic N) is 3. The monoisotopic (exact) mass is 381 g/mol. The average Bonchev–Trinajstić information content (AvgIpc) is 3.40. The van der Waals surface area contributed by atoms with Crippen molar-refractivity contribution in [1.82, 2.24) is 14.8 Å². The van der Waals surface area contributed by atoms with E-state index < -0.39 is 23.9 Å². The molecule has 0 aliphatic carbocycles. The van der Waals surface area contributed by atoms with Gasteiger partial charge in [-0.3, -0.25) is 9.59 Å². The van der Waals surface area contributed by atoms with E-state index in [1.165, 1.54) is 17.6 Å². The number of imide groups is 2. The van der Waals surface area contributed by atoms with Gasteiger partial charge in [-0.05, 0) is 23.9 Å². The molecule has 3 heterocycles. The van der Waals surface area contributed by atoms with Gasteiger partial charge in [-0.1, -0.05) is 36.4 Å². The van der Waals surface area contributed by atoms with E-state index in [4.69, 9.17) is 4.42 Å². The minimum Gasteiger partial charge on any atom is -0.443 e. The Kier molecular flexibility index (Phi) is 4.33. The van der Waals surface area contributed by atoms with Crippen molar-refractivity contribution in [3.05, 3.63) is 65.4 Å². The highest BCUT2D eigenvalue weighted by Crippen LogP contribution is 2.28. The maximum atomic E-state index is 12.7. The first-order chi connectivity index (χ1) is 13.1. The van der Waals surface area contributed by atoms with Crippen LogP contribution in [0.1, 0.15) is 24.2 Å². The summed E-state index contributed by atoms with van der Waals surface area (Å²) in [6.07, 6.45) is 1.39. The van der Waals surface area contributed by atoms with Gasteiger partial charge in [0.2, 0.25) is 5.89 Å². The Morgan fingerprint density at radius 3 is 2.56 bits per heavy atom. The lowest BCUT2D eigenvalue weighted by atomic mass is 10.1. The van der Waals surface area contributed by atoms with Crippen LogP contribution in [0.2, 0.25) is 0 Å². The van der Waals surface area contributed by atoms with Crippen molar-refractivity contribution in [2.45, 2.75) is 19.5 Å². The molecule has 0 bridgehead atoms. The Morgan fingerprint density at radius 2 is 1.85 bits per heavy atom. The van der Waals surface area contributed by atoms with Gasteiger partial charge in [-0.15, -0.1) is 11.3 Å². The van der Waals surface area contributed by atoms with Gasteiger partial charge in [0.1, 0.15) is 6.26 Å². The molecule has 8 heteroatoms. The first kappa shape index (κ1) is 17.2. The summed E-state index contributed by atoms with van der Waals surface area (Å²) < 4.78 is 5.41. The van der Waals surface area contributed by atoms with Crippen LogP contribution in [0.5, 0.6) is 0 Å². The molecular weight excluding hydrogens is 366 g/mol. The van der Waals surface area contributed by atoms with Gasteiger partial charge in [-0.2, -0.15) is 0 Å². The molecule has 1 atom stereocenters. The van der Waals surface area contributed by atoms with Crippen LogP contribution in [0.4, 0.5) is 4.79 Å². The number of carbonyl (C=O) groups is 3. The van der Waals surface area contributed by atoms with Crippen molar-refractivity contribution < 1.29 is 18.8 Å². The molecule has 1 aromatic carbocycles. The lowest BCUT2D eigenvalue weighted by Crippen LogP contribution is -2.35. The zero-order chi connectivity index (χ0) is 19.0. The fraction of sp³-hybridized carbons (Fsp3) is 0.158. The molecular formula is C19H15N3O4S. The molecule has 1 aliphatic heterocycles. The largest absolute Gasteiger partial charge is 0.443 e. The van der Waals surface area contributed by atoms with Crippen LogP contribution < -0.4 is 0 Å². The molecule has 2 aromatic heterocycles. The molecule has 1 aliphatic rings. The third kappa shape index (κ3) is 3.04. The lowest BCUT2D eigenvalue weighted by Gasteiger charge is -2.22. The summed E-state index contributed by atoms with van der Waals surface area (Å²) in [5, 5.41) is 1.90. The van der Waals surface area contributed by atoms with Crippen LogP contribution in [0, 0.1) is 0 Å². The van der Waals surface area contributed by atoms with E-state index in [9.17, 15) is 14.4 Å². The van der Waals surface area contributed by atoms with Gasteiger partial charge < -0.3 is 4.42 Å². The minimum absolute atomic E-state index is 0.115. The third-order valence-corrected chi connectivity index (χ3v) is 5.21. The molecule has 0 radical (unpaired) electrons. The predicted octanol–water partition coefficient (Wildman–Crippen LogP) is 3.46. The number of benzene rings is 1. The summed E-state index contributed by atoms with van der Waals surface area (Å²) in [6, 6.07) is 11.6. The first-order valence-corrected chi connectivity index (χ1v) is 9.16. The van der Waals surface area contributed by atoms with Crippen LogP contribution >= 0.6 is 11.3 Å². The quantitative estimate of drug-likeness (QED) is 0.499. The topological polar surface area (TPSA) is 83.7 Å². The number of amides is 4. The van der Waals surface area contributed by atoms with E-state index >= 15 is 0 Å². The molecule has 136 valence electrons. The summed E-state index contributed by atoms with van der Waals surface area (Å²) in [5.74, 6) is -1.28. The molecule has 0 saturated carbocycles. The van der Waals surface area contributed by atoms with Crippen LogP contribution in [0.3, 0.4) is 0 Å². The summed E-state index contributed by atoms with van der Waals surface area (Å²) >= 11 is 1.47. The van der Waals surface area contributed by atoms with E-state index in [1.807, 2.05) is 47.8 Å². The maximum Gasteiger partial charge on any atom is 0.335 e. The van der Waals surface area contributed by atoms with Crippen LogP contribution in [0.25, 0.3) is 10.8 Å². The van der Waals surface area contributed by atoms with E-state index in [0.29, 0.717) is 11.6 Å². The normalized spacial score (nSPS) is 15.7. The first-order valence-electron chi connectivity index (χ1n) is 8.28. The van der Waals surface area contributed by atoms with Gasteiger partial charge in [0.25, 0.3) is 0 Å². The summed E-state index contributed by atoms with van der Waals surface area (Å²) in [6.45, 7) is 1.60. The predicted molar refractivity (Wildman–Crippen MR) is 97.5 cm³/mol. The van der Waals surface area contributed by atoms with Crippen molar-refractivity contribution >= 4 is 29.2 Å². The molecule has 27 heavy (non-hydrogen) atoms. The van der Waals surface area contributed by atoms with Gasteiger partial charge in [0.15, 0.2) is 0 Å². The second-order valence-electron chi connectivity index (χ2n) is 6.06. The number of urea groups is 1. The van der Waals surface area contributed by atoms with E-state index in [1.54, 1.807) is 6.92 Å². The van der Waals surface area contributed by atoms with Crippen LogP contribution in [-0.4, -0.2) is 32.6 Å². The lowest BCUT2D eigenvalue weighted by molar-refractivity contribution is -0.144. The fourth-order valence-electron chi connectivity index (χ4n) is 2.94. The highest BCUT2D eigenvalue weighted by atomic mass is 32.1. The average molecular weight is 381 g/mol. The number of hydrogen-bond donors (Lipinski definition) is 0. The zero-order valence-corrected chi connectivity index (χ0v) is 15.2. The van der Waals surface area contributed by atoms with Crippen molar-refractivity contribution in [2.75, 3.05) is 0 Å². The molecule has 0 spiro atoms. The number of thiophene rings is 1. The van der Waals surface area contributed by atoms with Crippen molar-refractivity contribution in [3.8, 4) is 10.8 Å². The molecule has 1 fully saturated rings. The van der Waals surface area contributed by atoms with Crippen molar-refractivity contribution in [2.24, 2.45) is 0 Å². The van der Waals surface area contributed by atoms with E-state index in [2.05, 4.69) is 4.98 Å². The highest BCUT2D eigenvalue weighted by molar-refractivity contribution is 7.13. The molecule has 7 nitrogen and oxygen atoms in total. The minimum atomic E-state index is -0.858. The molecule has 4 amide bonds. The standard InChI is InChI=1S/C19H15N3O4S/c1-12(13-6-3-2-4-7-13)22-18(24)17(23)21(19(22)25)10-14-11-26-16(20-14)15-8-5-9-27-15/h2-9,11-12H,10H2,1H3. The van der Waals surface area contributed by atoms with Gasteiger partial charge in [0, 0.05) is 0 Å². The van der Waals surface area contributed by atoms with Crippen LogP contribution in [0.15, 0.2) is 58.5 Å². The van der Waals surface area contributed by atoms with Crippen molar-refractivity contribution in [1.29, 1.82) is 0 Å². The summed E-state index contributed by atoms with van der Waals surface area (Å²) in [5.41, 5.74) is 1.18. The van der Waals surface area contributed by atoms with Crippen molar-refractivity contribution in [3.63, 3.8) is 0 Å². The Balaban J connectivity index is 1.55. The van der Waals surface area contributed by atoms with Gasteiger partial charge >= 0.3 is 17.8 Å². The smallest absolute Gasteiger partial charge is 0.335 e. The van der Waals surface area contributed by atoms with Gasteiger partial charge in [0.05, 0.1) is 23.2 Å². The Bertz CT molecular complexity index is 997. The zero-order valence-electron chi connectivity index (χ0n) is 14.4. The second-order valence-corrected chi connectivity index (χ2v) is 7.00. The highest BCUT2D eigenvalue weighted by Gasteiger charge is 2.47. The van der Waals surface area contributed by atoms with Crippen LogP contribution in [-0.2, 0) is 16.1 Å². The van der Waals surface area contributed by atoms with E-state index in [0.717, 1.165) is 20.2 Å². The Labute approximate surface area is 158 Å². The Hall–Kier alpha value is -3.26. The number of hydrogen-bond acceptors (Lipinski definition) is 6. The van der Waals surface area contributed by atoms with E-state index in [-0.39, 0.29) is 6.54 Å². The van der Waals surface area contributed by atoms with Gasteiger partial charge in [-0.25, -0.2) is 19.6 Å². The molecule has 1 saturated heterocycles. The number of aromatic nitrogens is 1.